The van der Waals surface area contributed by atoms with Gasteiger partial charge in [0.05, 0.1) is 6.67 Å². The maximum absolute atomic E-state index is 10.8. The molecular formula is C11H14ClN3O3. The van der Waals surface area contributed by atoms with E-state index in [1.165, 1.54) is 13.0 Å². The number of halogens is 1. The van der Waals surface area contributed by atoms with Crippen molar-refractivity contribution in [1.29, 1.82) is 5.26 Å². The van der Waals surface area contributed by atoms with Crippen molar-refractivity contribution >= 4 is 23.5 Å². The van der Waals surface area contributed by atoms with E-state index >= 15 is 0 Å². The van der Waals surface area contributed by atoms with Gasteiger partial charge in [-0.1, -0.05) is 0 Å². The van der Waals surface area contributed by atoms with Crippen molar-refractivity contribution in [2.24, 2.45) is 0 Å². The van der Waals surface area contributed by atoms with E-state index in [0.29, 0.717) is 11.3 Å². The zero-order chi connectivity index (χ0) is 14.1. The molecule has 0 aromatic carbocycles. The molecule has 0 unspecified atom stereocenters. The van der Waals surface area contributed by atoms with Gasteiger partial charge in [-0.25, -0.2) is 4.79 Å². The molecule has 18 heavy (non-hydrogen) atoms. The number of amides is 1. The highest BCUT2D eigenvalue weighted by atomic mass is 35.5. The molecule has 0 aromatic heterocycles. The van der Waals surface area contributed by atoms with Crippen molar-refractivity contribution in [2.75, 3.05) is 12.5 Å². The molecule has 6 nitrogen and oxygen atoms in total. The van der Waals surface area contributed by atoms with Crippen LogP contribution >= 0.6 is 11.6 Å². The fourth-order valence-corrected chi connectivity index (χ4v) is 1.18. The maximum Gasteiger partial charge on any atom is 0.346 e. The third-order valence-corrected chi connectivity index (χ3v) is 2.17. The molecule has 0 saturated heterocycles. The number of carbonyl (C=O) groups excluding carboxylic acids is 1. The minimum Gasteiger partial charge on any atom is -0.477 e. The molecule has 0 spiro atoms. The van der Waals surface area contributed by atoms with Crippen LogP contribution < -0.4 is 10.6 Å². The van der Waals surface area contributed by atoms with Crippen molar-refractivity contribution in [3.8, 4) is 6.07 Å². The maximum atomic E-state index is 10.8. The normalized spacial score (nSPS) is 12.2. The van der Waals surface area contributed by atoms with Crippen LogP contribution in [-0.2, 0) is 9.59 Å². The van der Waals surface area contributed by atoms with Crippen LogP contribution in [0, 0.1) is 11.3 Å². The van der Waals surface area contributed by atoms with Gasteiger partial charge >= 0.3 is 5.97 Å². The summed E-state index contributed by atoms with van der Waals surface area (Å²) >= 11 is 5.28. The molecule has 0 aliphatic rings. The van der Waals surface area contributed by atoms with Gasteiger partial charge in [-0.15, -0.1) is 11.6 Å². The summed E-state index contributed by atoms with van der Waals surface area (Å²) < 4.78 is 0. The van der Waals surface area contributed by atoms with Crippen LogP contribution in [-0.4, -0.2) is 29.5 Å². The third kappa shape index (κ3) is 5.92. The summed E-state index contributed by atoms with van der Waals surface area (Å²) in [6.07, 6.45) is 1.51. The number of hydrogen-bond donors (Lipinski definition) is 3. The largest absolute Gasteiger partial charge is 0.477 e. The van der Waals surface area contributed by atoms with Crippen LogP contribution in [0.5, 0.6) is 0 Å². The van der Waals surface area contributed by atoms with Crippen LogP contribution in [0.1, 0.15) is 13.8 Å². The number of nitrogens with zero attached hydrogens (tertiary/aromatic N) is 1. The highest BCUT2D eigenvalue weighted by Crippen LogP contribution is 2.06. The van der Waals surface area contributed by atoms with Gasteiger partial charge < -0.3 is 15.7 Å². The molecule has 0 bridgehead atoms. The number of allylic oxidation sites excluding steroid dienone is 3. The minimum absolute atomic E-state index is 0.124. The zero-order valence-electron chi connectivity index (χ0n) is 10.1. The molecule has 98 valence electrons. The van der Waals surface area contributed by atoms with E-state index in [0.717, 1.165) is 0 Å². The summed E-state index contributed by atoms with van der Waals surface area (Å²) in [5, 5.41) is 22.7. The lowest BCUT2D eigenvalue weighted by Gasteiger charge is -2.07. The van der Waals surface area contributed by atoms with Crippen LogP contribution in [0.15, 0.2) is 22.9 Å². The van der Waals surface area contributed by atoms with E-state index in [1.807, 2.05) is 0 Å². The molecule has 7 heteroatoms. The Morgan fingerprint density at radius 1 is 1.39 bits per heavy atom. The van der Waals surface area contributed by atoms with E-state index in [2.05, 4.69) is 10.6 Å². The number of nitriles is 1. The molecule has 0 aromatic rings. The molecule has 0 aliphatic heterocycles. The predicted molar refractivity (Wildman–Crippen MR) is 66.6 cm³/mol. The summed E-state index contributed by atoms with van der Waals surface area (Å²) in [7, 11) is 0. The summed E-state index contributed by atoms with van der Waals surface area (Å²) in [6.45, 7) is 3.39. The van der Waals surface area contributed by atoms with Gasteiger partial charge in [0.15, 0.2) is 0 Å². The molecule has 0 atom stereocenters. The second-order valence-corrected chi connectivity index (χ2v) is 3.66. The highest BCUT2D eigenvalue weighted by Gasteiger charge is 2.08. The SMILES string of the molecule is CC(=CC(C)=C(C#N)C(=O)O)NCNC(=O)CCl. The monoisotopic (exact) mass is 271 g/mol. The topological polar surface area (TPSA) is 102 Å². The van der Waals surface area contributed by atoms with Crippen molar-refractivity contribution in [3.63, 3.8) is 0 Å². The third-order valence-electron chi connectivity index (χ3n) is 1.93. The molecular weight excluding hydrogens is 258 g/mol. The Morgan fingerprint density at radius 2 is 2.00 bits per heavy atom. The Labute approximate surface area is 110 Å². The van der Waals surface area contributed by atoms with E-state index in [9.17, 15) is 9.59 Å². The Kier molecular flexibility index (Phi) is 7.24. The van der Waals surface area contributed by atoms with E-state index in [-0.39, 0.29) is 24.0 Å². The van der Waals surface area contributed by atoms with Crippen molar-refractivity contribution in [1.82, 2.24) is 10.6 Å². The first-order chi connectivity index (χ1) is 8.42. The number of hydrogen-bond acceptors (Lipinski definition) is 4. The van der Waals surface area contributed by atoms with Gasteiger partial charge in [0, 0.05) is 5.70 Å². The second kappa shape index (κ2) is 8.14. The Balaban J connectivity index is 4.55. The van der Waals surface area contributed by atoms with Crippen LogP contribution in [0.25, 0.3) is 0 Å². The number of alkyl halides is 1. The van der Waals surface area contributed by atoms with Crippen molar-refractivity contribution < 1.29 is 14.7 Å². The Morgan fingerprint density at radius 3 is 2.44 bits per heavy atom. The number of rotatable bonds is 6. The summed E-state index contributed by atoms with van der Waals surface area (Å²) in [6, 6.07) is 1.61. The fraction of sp³-hybridized carbons (Fsp3) is 0.364. The minimum atomic E-state index is -1.27. The number of nitrogens with one attached hydrogen (secondary N) is 2. The first kappa shape index (κ1) is 16.0. The number of carbonyl (C=O) groups is 2. The quantitative estimate of drug-likeness (QED) is 0.217. The molecule has 0 fully saturated rings. The molecule has 0 rings (SSSR count). The first-order valence-corrected chi connectivity index (χ1v) is 5.55. The van der Waals surface area contributed by atoms with Gasteiger partial charge in [-0.2, -0.15) is 5.26 Å². The van der Waals surface area contributed by atoms with E-state index in [4.69, 9.17) is 22.0 Å². The molecule has 0 radical (unpaired) electrons. The summed E-state index contributed by atoms with van der Waals surface area (Å²) in [4.78, 5) is 21.5. The Bertz CT molecular complexity index is 435. The van der Waals surface area contributed by atoms with E-state index < -0.39 is 5.97 Å². The second-order valence-electron chi connectivity index (χ2n) is 3.39. The molecule has 1 amide bonds. The summed E-state index contributed by atoms with van der Waals surface area (Å²) in [5.41, 5.74) is 0.635. The van der Waals surface area contributed by atoms with Crippen molar-refractivity contribution in [3.05, 3.63) is 22.9 Å². The van der Waals surface area contributed by atoms with E-state index in [1.54, 1.807) is 13.0 Å². The van der Waals surface area contributed by atoms with Gasteiger partial charge in [0.25, 0.3) is 0 Å². The fourth-order valence-electron chi connectivity index (χ4n) is 1.08. The average molecular weight is 272 g/mol. The molecule has 0 aliphatic carbocycles. The van der Waals surface area contributed by atoms with Gasteiger partial charge in [0.2, 0.25) is 5.91 Å². The number of carboxylic acid groups (broad SMARTS) is 1. The average Bonchev–Trinajstić information content (AvgIpc) is 2.28. The van der Waals surface area contributed by atoms with Crippen LogP contribution in [0.2, 0.25) is 0 Å². The molecule has 0 heterocycles. The summed E-state index contributed by atoms with van der Waals surface area (Å²) in [5.74, 6) is -1.71. The number of carboxylic acids is 1. The van der Waals surface area contributed by atoms with Crippen molar-refractivity contribution in [2.45, 2.75) is 13.8 Å². The van der Waals surface area contributed by atoms with Gasteiger partial charge in [-0.05, 0) is 25.5 Å². The lowest BCUT2D eigenvalue weighted by Crippen LogP contribution is -2.33. The Hall–Kier alpha value is -2.00. The number of aliphatic carboxylic acids is 1. The molecule has 0 saturated carbocycles. The zero-order valence-corrected chi connectivity index (χ0v) is 10.8. The lowest BCUT2D eigenvalue weighted by atomic mass is 10.1. The standard InChI is InChI=1S/C11H14ClN3O3/c1-7(9(5-13)11(17)18)3-8(2)14-6-15-10(16)4-12/h3,14H,4,6H2,1-2H3,(H,15,16)(H,17,18). The van der Waals surface area contributed by atoms with Crippen LogP contribution in [0.4, 0.5) is 0 Å². The van der Waals surface area contributed by atoms with Gasteiger partial charge in [0.1, 0.15) is 17.5 Å². The predicted octanol–water partition coefficient (Wildman–Crippen LogP) is 0.717. The lowest BCUT2D eigenvalue weighted by molar-refractivity contribution is -0.132. The first-order valence-electron chi connectivity index (χ1n) is 5.01. The molecule has 3 N–H and O–H groups in total. The highest BCUT2D eigenvalue weighted by molar-refractivity contribution is 6.27. The van der Waals surface area contributed by atoms with Gasteiger partial charge in [-0.3, -0.25) is 4.79 Å². The van der Waals surface area contributed by atoms with Crippen LogP contribution in [0.3, 0.4) is 0 Å². The smallest absolute Gasteiger partial charge is 0.346 e.